The molecule has 0 aliphatic rings. The molecule has 0 fully saturated rings. The monoisotopic (exact) mass is 458 g/mol. The van der Waals surface area contributed by atoms with E-state index in [2.05, 4.69) is 5.10 Å². The summed E-state index contributed by atoms with van der Waals surface area (Å²) in [5, 5.41) is 4.02. The molecule has 0 unspecified atom stereocenters. The number of aromatic nitrogens is 3. The second-order valence-electron chi connectivity index (χ2n) is 8.02. The van der Waals surface area contributed by atoms with Crippen molar-refractivity contribution in [3.05, 3.63) is 128 Å². The van der Waals surface area contributed by atoms with Gasteiger partial charge in [0.2, 0.25) is 5.69 Å². The number of aryl methyl sites for hydroxylation is 1. The first kappa shape index (κ1) is 22.8. The van der Waals surface area contributed by atoms with E-state index in [0.717, 1.165) is 20.4 Å². The molecule has 0 saturated heterocycles. The standard InChI is InChI=1S/C26H23FN4O3/c1-18-9-8-12-20(15-18)17-30-25(33)23(24(32)29(2)16-19-10-4-3-5-11-19)28-31(26(30)34)22-14-7-6-13-21(22)27/h3-15H,16-17H2,1-2H3. The number of amides is 1. The Balaban J connectivity index is 1.84. The molecular weight excluding hydrogens is 435 g/mol. The van der Waals surface area contributed by atoms with Crippen molar-refractivity contribution in [2.24, 2.45) is 0 Å². The van der Waals surface area contributed by atoms with Gasteiger partial charge in [0.1, 0.15) is 11.5 Å². The van der Waals surface area contributed by atoms with E-state index in [-0.39, 0.29) is 18.8 Å². The highest BCUT2D eigenvalue weighted by Gasteiger charge is 2.24. The van der Waals surface area contributed by atoms with E-state index in [1.807, 2.05) is 55.5 Å². The molecule has 3 aromatic carbocycles. The maximum atomic E-state index is 14.6. The average molecular weight is 458 g/mol. The maximum absolute atomic E-state index is 14.6. The van der Waals surface area contributed by atoms with Gasteiger partial charge in [-0.2, -0.15) is 9.78 Å². The Morgan fingerprint density at radius 1 is 0.941 bits per heavy atom. The van der Waals surface area contributed by atoms with Crippen LogP contribution in [0.15, 0.2) is 88.5 Å². The zero-order valence-corrected chi connectivity index (χ0v) is 18.8. The molecule has 1 amide bonds. The molecule has 34 heavy (non-hydrogen) atoms. The van der Waals surface area contributed by atoms with Gasteiger partial charge >= 0.3 is 5.69 Å². The lowest BCUT2D eigenvalue weighted by molar-refractivity contribution is 0.0773. The Bertz CT molecular complexity index is 1460. The van der Waals surface area contributed by atoms with Crippen LogP contribution >= 0.6 is 0 Å². The third-order valence-electron chi connectivity index (χ3n) is 5.38. The second-order valence-corrected chi connectivity index (χ2v) is 8.02. The van der Waals surface area contributed by atoms with E-state index in [4.69, 9.17) is 0 Å². The molecule has 0 spiro atoms. The topological polar surface area (TPSA) is 77.2 Å². The number of para-hydroxylation sites is 1. The summed E-state index contributed by atoms with van der Waals surface area (Å²) in [6, 6.07) is 22.2. The molecule has 0 atom stereocenters. The van der Waals surface area contributed by atoms with Crippen LogP contribution in [0.3, 0.4) is 0 Å². The van der Waals surface area contributed by atoms with Gasteiger partial charge in [0.15, 0.2) is 0 Å². The minimum absolute atomic E-state index is 0.0843. The Labute approximate surface area is 195 Å². The lowest BCUT2D eigenvalue weighted by atomic mass is 10.1. The van der Waals surface area contributed by atoms with Gasteiger partial charge in [-0.15, -0.1) is 0 Å². The fraction of sp³-hybridized carbons (Fsp3) is 0.154. The molecule has 172 valence electrons. The number of nitrogens with zero attached hydrogens (tertiary/aromatic N) is 4. The Hall–Kier alpha value is -4.33. The third-order valence-corrected chi connectivity index (χ3v) is 5.38. The second kappa shape index (κ2) is 9.66. The first-order valence-corrected chi connectivity index (χ1v) is 10.7. The first-order valence-electron chi connectivity index (χ1n) is 10.7. The quantitative estimate of drug-likeness (QED) is 0.445. The smallest absolute Gasteiger partial charge is 0.336 e. The van der Waals surface area contributed by atoms with Crippen LogP contribution in [0.4, 0.5) is 4.39 Å². The predicted octanol–water partition coefficient (Wildman–Crippen LogP) is 3.16. The fourth-order valence-electron chi connectivity index (χ4n) is 3.67. The van der Waals surface area contributed by atoms with Crippen LogP contribution in [-0.2, 0) is 13.1 Å². The van der Waals surface area contributed by atoms with Crippen LogP contribution in [0.2, 0.25) is 0 Å². The van der Waals surface area contributed by atoms with Crippen LogP contribution < -0.4 is 11.2 Å². The number of carbonyl (C=O) groups excluding carboxylic acids is 1. The summed E-state index contributed by atoms with van der Waals surface area (Å²) < 4.78 is 16.3. The minimum atomic E-state index is -0.834. The zero-order chi connectivity index (χ0) is 24.2. The van der Waals surface area contributed by atoms with Gasteiger partial charge in [0, 0.05) is 13.6 Å². The molecule has 0 aliphatic heterocycles. The molecule has 8 heteroatoms. The van der Waals surface area contributed by atoms with Gasteiger partial charge < -0.3 is 4.90 Å². The van der Waals surface area contributed by atoms with E-state index < -0.39 is 28.7 Å². The van der Waals surface area contributed by atoms with Crippen LogP contribution in [0, 0.1) is 12.7 Å². The highest BCUT2D eigenvalue weighted by Crippen LogP contribution is 2.11. The van der Waals surface area contributed by atoms with E-state index in [0.29, 0.717) is 5.56 Å². The number of hydrogen-bond acceptors (Lipinski definition) is 4. The highest BCUT2D eigenvalue weighted by atomic mass is 19.1. The minimum Gasteiger partial charge on any atom is -0.336 e. The van der Waals surface area contributed by atoms with E-state index in [1.165, 1.54) is 23.1 Å². The van der Waals surface area contributed by atoms with Gasteiger partial charge in [-0.3, -0.25) is 14.2 Å². The van der Waals surface area contributed by atoms with Crippen molar-refractivity contribution in [2.75, 3.05) is 7.05 Å². The van der Waals surface area contributed by atoms with E-state index in [1.54, 1.807) is 19.2 Å². The van der Waals surface area contributed by atoms with E-state index in [9.17, 15) is 18.8 Å². The number of benzene rings is 3. The van der Waals surface area contributed by atoms with Crippen molar-refractivity contribution >= 4 is 5.91 Å². The van der Waals surface area contributed by atoms with E-state index >= 15 is 0 Å². The molecule has 1 aromatic heterocycles. The molecule has 0 N–H and O–H groups in total. The predicted molar refractivity (Wildman–Crippen MR) is 127 cm³/mol. The summed E-state index contributed by atoms with van der Waals surface area (Å²) in [6.07, 6.45) is 0. The lowest BCUT2D eigenvalue weighted by Gasteiger charge is -2.18. The highest BCUT2D eigenvalue weighted by molar-refractivity contribution is 5.91. The number of carbonyl (C=O) groups is 1. The van der Waals surface area contributed by atoms with Crippen molar-refractivity contribution in [3.63, 3.8) is 0 Å². The Morgan fingerprint density at radius 3 is 2.32 bits per heavy atom. The average Bonchev–Trinajstić information content (AvgIpc) is 2.83. The summed E-state index contributed by atoms with van der Waals surface area (Å²) in [6.45, 7) is 2.04. The molecule has 0 bridgehead atoms. The lowest BCUT2D eigenvalue weighted by Crippen LogP contribution is -2.46. The van der Waals surface area contributed by atoms with Crippen LogP contribution in [0.5, 0.6) is 0 Å². The van der Waals surface area contributed by atoms with Gasteiger partial charge in [-0.25, -0.2) is 9.18 Å². The van der Waals surface area contributed by atoms with Crippen LogP contribution in [-0.4, -0.2) is 32.2 Å². The zero-order valence-electron chi connectivity index (χ0n) is 18.8. The van der Waals surface area contributed by atoms with Crippen molar-refractivity contribution in [1.82, 2.24) is 19.2 Å². The molecule has 7 nitrogen and oxygen atoms in total. The first-order chi connectivity index (χ1) is 16.3. The summed E-state index contributed by atoms with van der Waals surface area (Å²) >= 11 is 0. The number of rotatable bonds is 6. The van der Waals surface area contributed by atoms with Gasteiger partial charge in [0.25, 0.3) is 11.5 Å². The largest absolute Gasteiger partial charge is 0.352 e. The maximum Gasteiger partial charge on any atom is 0.352 e. The molecule has 4 rings (SSSR count). The third kappa shape index (κ3) is 4.71. The molecule has 0 aliphatic carbocycles. The van der Waals surface area contributed by atoms with Gasteiger partial charge in [-0.05, 0) is 30.2 Å². The van der Waals surface area contributed by atoms with Gasteiger partial charge in [-0.1, -0.05) is 72.3 Å². The number of hydrogen-bond donors (Lipinski definition) is 0. The van der Waals surface area contributed by atoms with Crippen molar-refractivity contribution in [1.29, 1.82) is 0 Å². The van der Waals surface area contributed by atoms with Crippen LogP contribution in [0.25, 0.3) is 5.69 Å². The molecular formula is C26H23FN4O3. The molecule has 0 radical (unpaired) electrons. The van der Waals surface area contributed by atoms with Crippen molar-refractivity contribution in [3.8, 4) is 5.69 Å². The Kier molecular flexibility index (Phi) is 6.49. The summed E-state index contributed by atoms with van der Waals surface area (Å²) in [5.41, 5.74) is 0.234. The SMILES string of the molecule is Cc1cccc(Cn2c(=O)c(C(=O)N(C)Cc3ccccc3)nn(-c3ccccc3F)c2=O)c1. The van der Waals surface area contributed by atoms with Crippen LogP contribution in [0.1, 0.15) is 27.2 Å². The normalized spacial score (nSPS) is 10.8. The summed E-state index contributed by atoms with van der Waals surface area (Å²) in [5.74, 6) is -1.37. The molecule has 4 aromatic rings. The summed E-state index contributed by atoms with van der Waals surface area (Å²) in [7, 11) is 1.54. The van der Waals surface area contributed by atoms with Gasteiger partial charge in [0.05, 0.1) is 6.54 Å². The van der Waals surface area contributed by atoms with Crippen molar-refractivity contribution in [2.45, 2.75) is 20.0 Å². The molecule has 1 heterocycles. The Morgan fingerprint density at radius 2 is 1.62 bits per heavy atom. The van der Waals surface area contributed by atoms with Crippen molar-refractivity contribution < 1.29 is 9.18 Å². The fourth-order valence-corrected chi connectivity index (χ4v) is 3.67. The molecule has 0 saturated carbocycles. The summed E-state index contributed by atoms with van der Waals surface area (Å²) in [4.78, 5) is 41.1. The number of halogens is 1.